The first-order valence-electron chi connectivity index (χ1n) is 2.96. The molecule has 0 saturated carbocycles. The second kappa shape index (κ2) is 2.84. The number of aromatic nitrogens is 1. The quantitative estimate of drug-likeness (QED) is 0.719. The molecule has 2 aromatic rings. The van der Waals surface area contributed by atoms with Crippen molar-refractivity contribution in [1.82, 2.24) is 4.98 Å². The minimum absolute atomic E-state index is 1.06. The van der Waals surface area contributed by atoms with Gasteiger partial charge in [0.1, 0.15) is 4.83 Å². The summed E-state index contributed by atoms with van der Waals surface area (Å²) in [6, 6.07) is 1.94. The molecule has 0 aliphatic heterocycles. The fourth-order valence-electron chi connectivity index (χ4n) is 0.893. The van der Waals surface area contributed by atoms with Crippen molar-refractivity contribution in [2.75, 3.05) is 0 Å². The number of thiophene rings is 1. The molecule has 0 aliphatic carbocycles. The smallest absolute Gasteiger partial charge is 0.125 e. The molecule has 2 rings (SSSR count). The van der Waals surface area contributed by atoms with Crippen LogP contribution < -0.4 is 0 Å². The van der Waals surface area contributed by atoms with E-state index in [1.165, 1.54) is 0 Å². The summed E-state index contributed by atoms with van der Waals surface area (Å²) in [5.74, 6) is 0. The summed E-state index contributed by atoms with van der Waals surface area (Å²) < 4.78 is 2.20. The maximum atomic E-state index is 4.22. The second-order valence-corrected chi connectivity index (χ2v) is 4.62. The third kappa shape index (κ3) is 1.23. The fraction of sp³-hybridized carbons (Fsp3) is 0. The van der Waals surface area contributed by atoms with Gasteiger partial charge in [-0.25, -0.2) is 4.98 Å². The number of hydrogen-bond acceptors (Lipinski definition) is 2. The minimum Gasteiger partial charge on any atom is -0.245 e. The van der Waals surface area contributed by atoms with Gasteiger partial charge in [-0.05, 0) is 37.9 Å². The molecule has 0 atom stereocenters. The van der Waals surface area contributed by atoms with Crippen LogP contribution in [-0.4, -0.2) is 4.98 Å². The van der Waals surface area contributed by atoms with Crippen LogP contribution in [-0.2, 0) is 0 Å². The maximum Gasteiger partial charge on any atom is 0.125 e. The first-order chi connectivity index (χ1) is 5.29. The highest BCUT2D eigenvalue weighted by atomic mass is 79.9. The van der Waals surface area contributed by atoms with Crippen LogP contribution in [0.2, 0.25) is 0 Å². The molecule has 2 heterocycles. The van der Waals surface area contributed by atoms with E-state index in [-0.39, 0.29) is 0 Å². The lowest BCUT2D eigenvalue weighted by Gasteiger charge is -1.91. The van der Waals surface area contributed by atoms with E-state index in [1.807, 2.05) is 11.4 Å². The Morgan fingerprint density at radius 3 is 2.82 bits per heavy atom. The molecule has 0 radical (unpaired) electrons. The Kier molecular flexibility index (Phi) is 1.99. The number of rotatable bonds is 0. The molecule has 0 unspecified atom stereocenters. The summed E-state index contributed by atoms with van der Waals surface area (Å²) in [6.07, 6.45) is 1.80. The Balaban J connectivity index is 2.96. The summed E-state index contributed by atoms with van der Waals surface area (Å²) in [4.78, 5) is 5.28. The summed E-state index contributed by atoms with van der Waals surface area (Å²) in [5.41, 5.74) is 0. The molecule has 11 heavy (non-hydrogen) atoms. The molecule has 0 aromatic carbocycles. The third-order valence-corrected chi connectivity index (χ3v) is 3.85. The zero-order chi connectivity index (χ0) is 7.84. The molecule has 4 heteroatoms. The highest BCUT2D eigenvalue weighted by Gasteiger charge is 2.04. The van der Waals surface area contributed by atoms with Crippen LogP contribution in [0.5, 0.6) is 0 Å². The lowest BCUT2D eigenvalue weighted by atomic mass is 10.3. The van der Waals surface area contributed by atoms with Crippen molar-refractivity contribution in [2.45, 2.75) is 0 Å². The molecular weight excluding hydrogens is 290 g/mol. The van der Waals surface area contributed by atoms with Crippen LogP contribution in [0.4, 0.5) is 0 Å². The van der Waals surface area contributed by atoms with E-state index in [4.69, 9.17) is 0 Å². The number of hydrogen-bond donors (Lipinski definition) is 0. The first kappa shape index (κ1) is 7.71. The third-order valence-electron chi connectivity index (χ3n) is 1.38. The van der Waals surface area contributed by atoms with E-state index in [9.17, 15) is 0 Å². The van der Waals surface area contributed by atoms with Crippen LogP contribution in [0.1, 0.15) is 0 Å². The van der Waals surface area contributed by atoms with E-state index < -0.39 is 0 Å². The Morgan fingerprint density at radius 2 is 2.09 bits per heavy atom. The van der Waals surface area contributed by atoms with E-state index in [2.05, 4.69) is 36.8 Å². The second-order valence-electron chi connectivity index (χ2n) is 2.06. The summed E-state index contributed by atoms with van der Waals surface area (Å²) >= 11 is 8.56. The SMILES string of the molecule is Brc1ccnc2scc(Br)c12. The monoisotopic (exact) mass is 291 g/mol. The fourth-order valence-corrected chi connectivity index (χ4v) is 3.41. The topological polar surface area (TPSA) is 12.9 Å². The van der Waals surface area contributed by atoms with Gasteiger partial charge in [0.05, 0.1) is 0 Å². The molecule has 0 amide bonds. The zero-order valence-corrected chi connectivity index (χ0v) is 9.33. The Labute approximate surface area is 84.7 Å². The van der Waals surface area contributed by atoms with E-state index in [1.54, 1.807) is 17.5 Å². The van der Waals surface area contributed by atoms with Gasteiger partial charge < -0.3 is 0 Å². The molecule has 56 valence electrons. The largest absolute Gasteiger partial charge is 0.245 e. The lowest BCUT2D eigenvalue weighted by Crippen LogP contribution is -1.71. The zero-order valence-electron chi connectivity index (χ0n) is 5.34. The van der Waals surface area contributed by atoms with Crippen molar-refractivity contribution < 1.29 is 0 Å². The van der Waals surface area contributed by atoms with Gasteiger partial charge in [0, 0.05) is 25.9 Å². The summed E-state index contributed by atoms with van der Waals surface area (Å²) in [6.45, 7) is 0. The number of halogens is 2. The van der Waals surface area contributed by atoms with Crippen LogP contribution in [0.15, 0.2) is 26.6 Å². The molecular formula is C7H3Br2NS. The van der Waals surface area contributed by atoms with Gasteiger partial charge >= 0.3 is 0 Å². The van der Waals surface area contributed by atoms with Crippen molar-refractivity contribution in [1.29, 1.82) is 0 Å². The maximum absolute atomic E-state index is 4.22. The number of pyridine rings is 1. The molecule has 0 N–H and O–H groups in total. The standard InChI is InChI=1S/C7H3Br2NS/c8-4-1-2-10-7-6(4)5(9)3-11-7/h1-3H. The normalized spacial score (nSPS) is 10.7. The molecule has 0 spiro atoms. The van der Waals surface area contributed by atoms with Gasteiger partial charge in [0.15, 0.2) is 0 Å². The molecule has 1 nitrogen and oxygen atoms in total. The van der Waals surface area contributed by atoms with Crippen molar-refractivity contribution in [3.05, 3.63) is 26.6 Å². The van der Waals surface area contributed by atoms with E-state index >= 15 is 0 Å². The highest BCUT2D eigenvalue weighted by molar-refractivity contribution is 9.11. The lowest BCUT2D eigenvalue weighted by molar-refractivity contribution is 1.43. The Hall–Kier alpha value is 0.0700. The average Bonchev–Trinajstić information content (AvgIpc) is 2.34. The summed E-state index contributed by atoms with van der Waals surface area (Å²) in [7, 11) is 0. The van der Waals surface area contributed by atoms with Crippen LogP contribution in [0.25, 0.3) is 10.2 Å². The van der Waals surface area contributed by atoms with Crippen molar-refractivity contribution in [3.8, 4) is 0 Å². The van der Waals surface area contributed by atoms with Gasteiger partial charge in [-0.1, -0.05) is 0 Å². The number of fused-ring (bicyclic) bond motifs is 1. The molecule has 0 saturated heterocycles. The van der Waals surface area contributed by atoms with Crippen LogP contribution in [0, 0.1) is 0 Å². The van der Waals surface area contributed by atoms with Gasteiger partial charge in [0.25, 0.3) is 0 Å². The highest BCUT2D eigenvalue weighted by Crippen LogP contribution is 2.33. The predicted octanol–water partition coefficient (Wildman–Crippen LogP) is 3.82. The van der Waals surface area contributed by atoms with E-state index in [0.717, 1.165) is 19.2 Å². The van der Waals surface area contributed by atoms with Gasteiger partial charge in [0.2, 0.25) is 0 Å². The first-order valence-corrected chi connectivity index (χ1v) is 5.43. The Bertz CT molecular complexity index is 396. The van der Waals surface area contributed by atoms with Crippen molar-refractivity contribution in [3.63, 3.8) is 0 Å². The molecule has 0 aliphatic rings. The van der Waals surface area contributed by atoms with Crippen molar-refractivity contribution in [2.24, 2.45) is 0 Å². The van der Waals surface area contributed by atoms with E-state index in [0.29, 0.717) is 0 Å². The van der Waals surface area contributed by atoms with Crippen LogP contribution in [0.3, 0.4) is 0 Å². The molecule has 0 bridgehead atoms. The van der Waals surface area contributed by atoms with Gasteiger partial charge in [-0.2, -0.15) is 0 Å². The summed E-state index contributed by atoms with van der Waals surface area (Å²) in [5, 5.41) is 3.21. The van der Waals surface area contributed by atoms with Crippen molar-refractivity contribution >= 4 is 53.4 Å². The Morgan fingerprint density at radius 1 is 1.27 bits per heavy atom. The average molecular weight is 293 g/mol. The predicted molar refractivity (Wildman–Crippen MR) is 55.0 cm³/mol. The van der Waals surface area contributed by atoms with Gasteiger partial charge in [-0.3, -0.25) is 0 Å². The molecule has 2 aromatic heterocycles. The number of nitrogens with zero attached hydrogens (tertiary/aromatic N) is 1. The van der Waals surface area contributed by atoms with Crippen LogP contribution >= 0.6 is 43.2 Å². The minimum atomic E-state index is 1.06. The molecule has 0 fully saturated rings. The van der Waals surface area contributed by atoms with Gasteiger partial charge in [-0.15, -0.1) is 11.3 Å².